The molecule has 4 unspecified atom stereocenters. The fourth-order valence-electron chi connectivity index (χ4n) is 3.42. The second-order valence-electron chi connectivity index (χ2n) is 6.14. The SMILES string of the molecule is CC1CC(C)C(C)N(C(CN)c2c(F)cccc2F)C1. The molecule has 2 nitrogen and oxygen atoms in total. The first-order valence-corrected chi connectivity index (χ1v) is 7.35. The number of benzene rings is 1. The van der Waals surface area contributed by atoms with E-state index in [-0.39, 0.29) is 18.2 Å². The molecule has 1 aliphatic heterocycles. The van der Waals surface area contributed by atoms with Crippen molar-refractivity contribution in [3.63, 3.8) is 0 Å². The Morgan fingerprint density at radius 2 is 1.85 bits per heavy atom. The third-order valence-corrected chi connectivity index (χ3v) is 4.60. The first-order valence-electron chi connectivity index (χ1n) is 7.35. The molecule has 1 heterocycles. The van der Waals surface area contributed by atoms with E-state index in [0.29, 0.717) is 11.8 Å². The van der Waals surface area contributed by atoms with Gasteiger partial charge in [-0.2, -0.15) is 0 Å². The van der Waals surface area contributed by atoms with Crippen LogP contribution in [0.2, 0.25) is 0 Å². The van der Waals surface area contributed by atoms with Gasteiger partial charge in [0.1, 0.15) is 11.6 Å². The van der Waals surface area contributed by atoms with Crippen LogP contribution in [-0.4, -0.2) is 24.0 Å². The first-order chi connectivity index (χ1) is 9.45. The van der Waals surface area contributed by atoms with Crippen molar-refractivity contribution >= 4 is 0 Å². The number of hydrogen-bond donors (Lipinski definition) is 1. The predicted octanol–water partition coefficient (Wildman–Crippen LogP) is 3.33. The van der Waals surface area contributed by atoms with E-state index in [1.54, 1.807) is 0 Å². The highest BCUT2D eigenvalue weighted by Crippen LogP contribution is 2.35. The standard InChI is InChI=1S/C16H24F2N2/c1-10-7-11(2)12(3)20(9-10)15(8-19)16-13(17)5-4-6-14(16)18/h4-6,10-12,15H,7-9,19H2,1-3H3. The van der Waals surface area contributed by atoms with E-state index in [1.807, 2.05) is 0 Å². The summed E-state index contributed by atoms with van der Waals surface area (Å²) in [6, 6.07) is 3.90. The van der Waals surface area contributed by atoms with Crippen molar-refractivity contribution in [1.82, 2.24) is 4.90 Å². The minimum Gasteiger partial charge on any atom is -0.329 e. The lowest BCUT2D eigenvalue weighted by Gasteiger charge is -2.45. The molecule has 1 aromatic rings. The van der Waals surface area contributed by atoms with Gasteiger partial charge in [0.05, 0.1) is 6.04 Å². The van der Waals surface area contributed by atoms with Crippen molar-refractivity contribution in [1.29, 1.82) is 0 Å². The molecule has 1 aromatic carbocycles. The van der Waals surface area contributed by atoms with Crippen LogP contribution in [0.1, 0.15) is 38.8 Å². The number of likely N-dealkylation sites (tertiary alicyclic amines) is 1. The van der Waals surface area contributed by atoms with Crippen molar-refractivity contribution < 1.29 is 8.78 Å². The number of rotatable bonds is 3. The molecular weight excluding hydrogens is 258 g/mol. The Bertz CT molecular complexity index is 444. The van der Waals surface area contributed by atoms with Crippen molar-refractivity contribution in [2.75, 3.05) is 13.1 Å². The predicted molar refractivity (Wildman–Crippen MR) is 77.3 cm³/mol. The van der Waals surface area contributed by atoms with Gasteiger partial charge in [0.15, 0.2) is 0 Å². The minimum absolute atomic E-state index is 0.114. The molecule has 0 saturated carbocycles. The smallest absolute Gasteiger partial charge is 0.130 e. The molecular formula is C16H24F2N2. The second kappa shape index (κ2) is 6.19. The van der Waals surface area contributed by atoms with E-state index in [1.165, 1.54) is 18.2 Å². The lowest BCUT2D eigenvalue weighted by Crippen LogP contribution is -2.49. The molecule has 112 valence electrons. The van der Waals surface area contributed by atoms with Crippen LogP contribution >= 0.6 is 0 Å². The van der Waals surface area contributed by atoms with Crippen molar-refractivity contribution in [2.24, 2.45) is 17.6 Å². The fourth-order valence-corrected chi connectivity index (χ4v) is 3.42. The van der Waals surface area contributed by atoms with Crippen molar-refractivity contribution in [3.05, 3.63) is 35.4 Å². The minimum atomic E-state index is -0.501. The number of halogens is 2. The zero-order valence-electron chi connectivity index (χ0n) is 12.4. The Morgan fingerprint density at radius 1 is 1.25 bits per heavy atom. The molecule has 20 heavy (non-hydrogen) atoms. The van der Waals surface area contributed by atoms with Gasteiger partial charge in [0.2, 0.25) is 0 Å². The molecule has 0 spiro atoms. The zero-order valence-corrected chi connectivity index (χ0v) is 12.4. The van der Waals surface area contributed by atoms with Crippen LogP contribution in [0.3, 0.4) is 0 Å². The van der Waals surface area contributed by atoms with Gasteiger partial charge in [-0.3, -0.25) is 4.90 Å². The van der Waals surface area contributed by atoms with E-state index < -0.39 is 17.7 Å². The number of piperidine rings is 1. The topological polar surface area (TPSA) is 29.3 Å². The number of hydrogen-bond acceptors (Lipinski definition) is 2. The molecule has 2 rings (SSSR count). The Morgan fingerprint density at radius 3 is 2.40 bits per heavy atom. The summed E-state index contributed by atoms with van der Waals surface area (Å²) < 4.78 is 28.1. The van der Waals surface area contributed by atoms with Crippen LogP contribution in [0.25, 0.3) is 0 Å². The third kappa shape index (κ3) is 2.86. The summed E-state index contributed by atoms with van der Waals surface area (Å²) >= 11 is 0. The third-order valence-electron chi connectivity index (χ3n) is 4.60. The van der Waals surface area contributed by atoms with E-state index in [0.717, 1.165) is 13.0 Å². The summed E-state index contributed by atoms with van der Waals surface area (Å²) in [5.74, 6) is 0.0183. The highest BCUT2D eigenvalue weighted by Gasteiger charge is 2.35. The zero-order chi connectivity index (χ0) is 14.9. The summed E-state index contributed by atoms with van der Waals surface area (Å²) in [5, 5.41) is 0. The molecule has 4 heteroatoms. The number of nitrogens with zero attached hydrogens (tertiary/aromatic N) is 1. The lowest BCUT2D eigenvalue weighted by atomic mass is 9.84. The van der Waals surface area contributed by atoms with Crippen LogP contribution in [0.15, 0.2) is 18.2 Å². The van der Waals surface area contributed by atoms with Crippen LogP contribution in [-0.2, 0) is 0 Å². The monoisotopic (exact) mass is 282 g/mol. The van der Waals surface area contributed by atoms with Gasteiger partial charge in [-0.15, -0.1) is 0 Å². The van der Waals surface area contributed by atoms with Crippen LogP contribution in [0, 0.1) is 23.5 Å². The van der Waals surface area contributed by atoms with Gasteiger partial charge >= 0.3 is 0 Å². The van der Waals surface area contributed by atoms with Gasteiger partial charge in [0.25, 0.3) is 0 Å². The normalized spacial score (nSPS) is 29.4. The molecule has 0 radical (unpaired) electrons. The second-order valence-corrected chi connectivity index (χ2v) is 6.14. The molecule has 4 atom stereocenters. The van der Waals surface area contributed by atoms with Gasteiger partial charge in [0, 0.05) is 24.7 Å². The molecule has 0 bridgehead atoms. The van der Waals surface area contributed by atoms with Crippen LogP contribution in [0.5, 0.6) is 0 Å². The highest BCUT2D eigenvalue weighted by molar-refractivity contribution is 5.24. The van der Waals surface area contributed by atoms with E-state index in [9.17, 15) is 8.78 Å². The van der Waals surface area contributed by atoms with Crippen LogP contribution in [0.4, 0.5) is 8.78 Å². The highest BCUT2D eigenvalue weighted by atomic mass is 19.1. The largest absolute Gasteiger partial charge is 0.329 e. The lowest BCUT2D eigenvalue weighted by molar-refractivity contribution is 0.0398. The number of nitrogens with two attached hydrogens (primary N) is 1. The quantitative estimate of drug-likeness (QED) is 0.921. The van der Waals surface area contributed by atoms with Crippen molar-refractivity contribution in [2.45, 2.75) is 39.3 Å². The van der Waals surface area contributed by atoms with Gasteiger partial charge in [-0.25, -0.2) is 8.78 Å². The van der Waals surface area contributed by atoms with Gasteiger partial charge in [-0.05, 0) is 37.3 Å². The maximum absolute atomic E-state index is 14.0. The summed E-state index contributed by atoms with van der Waals surface area (Å²) in [6.45, 7) is 7.56. The molecule has 0 aliphatic carbocycles. The summed E-state index contributed by atoms with van der Waals surface area (Å²) in [7, 11) is 0. The molecule has 0 amide bonds. The van der Waals surface area contributed by atoms with E-state index in [4.69, 9.17) is 5.73 Å². The van der Waals surface area contributed by atoms with Gasteiger partial charge < -0.3 is 5.73 Å². The fraction of sp³-hybridized carbons (Fsp3) is 0.625. The van der Waals surface area contributed by atoms with Crippen LogP contribution < -0.4 is 5.73 Å². The van der Waals surface area contributed by atoms with Crippen molar-refractivity contribution in [3.8, 4) is 0 Å². The summed E-state index contributed by atoms with van der Waals surface area (Å²) in [5.41, 5.74) is 5.97. The average Bonchev–Trinajstić information content (AvgIpc) is 2.39. The maximum Gasteiger partial charge on any atom is 0.130 e. The Labute approximate surface area is 120 Å². The molecule has 2 N–H and O–H groups in total. The Kier molecular flexibility index (Phi) is 4.76. The average molecular weight is 282 g/mol. The van der Waals surface area contributed by atoms with Gasteiger partial charge in [-0.1, -0.05) is 19.9 Å². The molecule has 1 aliphatic rings. The summed E-state index contributed by atoms with van der Waals surface area (Å²) in [4.78, 5) is 2.17. The van der Waals surface area contributed by atoms with E-state index >= 15 is 0 Å². The summed E-state index contributed by atoms with van der Waals surface area (Å²) in [6.07, 6.45) is 1.15. The van der Waals surface area contributed by atoms with E-state index in [2.05, 4.69) is 25.7 Å². The Hall–Kier alpha value is -1.00. The molecule has 1 saturated heterocycles. The molecule has 1 fully saturated rings. The molecule has 0 aromatic heterocycles. The maximum atomic E-state index is 14.0. The Balaban J connectivity index is 2.36. The first kappa shape index (κ1) is 15.4.